The van der Waals surface area contributed by atoms with Gasteiger partial charge in [0.2, 0.25) is 0 Å². The highest BCUT2D eigenvalue weighted by atomic mass is 16.1. The second-order valence-corrected chi connectivity index (χ2v) is 6.62. The van der Waals surface area contributed by atoms with Gasteiger partial charge < -0.3 is 20.5 Å². The Kier molecular flexibility index (Phi) is 6.14. The molecule has 0 radical (unpaired) electrons. The lowest BCUT2D eigenvalue weighted by Gasteiger charge is -2.19. The summed E-state index contributed by atoms with van der Waals surface area (Å²) in [6, 6.07) is 15.8. The number of para-hydroxylation sites is 3. The van der Waals surface area contributed by atoms with E-state index in [2.05, 4.69) is 36.2 Å². The molecule has 0 bridgehead atoms. The number of nitrogens with one attached hydrogen (secondary N) is 1. The van der Waals surface area contributed by atoms with Crippen LogP contribution in [0.1, 0.15) is 30.6 Å². The smallest absolute Gasteiger partial charge is 0.250 e. The van der Waals surface area contributed by atoms with Crippen LogP contribution in [0.2, 0.25) is 0 Å². The number of benzene rings is 2. The Morgan fingerprint density at radius 2 is 1.85 bits per heavy atom. The molecule has 0 aliphatic carbocycles. The summed E-state index contributed by atoms with van der Waals surface area (Å²) < 4.78 is 2.04. The van der Waals surface area contributed by atoms with Gasteiger partial charge in [-0.2, -0.15) is 0 Å². The monoisotopic (exact) mass is 364 g/mol. The van der Waals surface area contributed by atoms with Gasteiger partial charge in [0.15, 0.2) is 0 Å². The van der Waals surface area contributed by atoms with Crippen LogP contribution in [-0.4, -0.2) is 41.6 Å². The van der Waals surface area contributed by atoms with E-state index >= 15 is 0 Å². The molecule has 1 heterocycles. The Balaban J connectivity index is 1.86. The molecule has 0 aliphatic heterocycles. The minimum atomic E-state index is -0.412. The number of carbonyl (C=O) groups is 1. The second kappa shape index (κ2) is 8.73. The number of aromatic nitrogens is 1. The van der Waals surface area contributed by atoms with E-state index in [0.717, 1.165) is 54.9 Å². The Labute approximate surface area is 160 Å². The van der Waals surface area contributed by atoms with Crippen LogP contribution in [-0.2, 0) is 0 Å². The van der Waals surface area contributed by atoms with Crippen molar-refractivity contribution >= 4 is 22.5 Å². The second-order valence-electron chi connectivity index (χ2n) is 6.62. The van der Waals surface area contributed by atoms with Crippen molar-refractivity contribution in [1.82, 2.24) is 9.47 Å². The number of anilines is 1. The number of hydrogen-bond donors (Lipinski definition) is 2. The Morgan fingerprint density at radius 3 is 2.59 bits per heavy atom. The molecule has 0 aliphatic rings. The van der Waals surface area contributed by atoms with E-state index in [9.17, 15) is 4.79 Å². The van der Waals surface area contributed by atoms with Crippen LogP contribution in [0.15, 0.2) is 54.7 Å². The predicted octanol–water partition coefficient (Wildman–Crippen LogP) is 3.87. The molecule has 5 nitrogen and oxygen atoms in total. The van der Waals surface area contributed by atoms with Crippen LogP contribution < -0.4 is 11.1 Å². The molecule has 0 unspecified atom stereocenters. The molecule has 3 N–H and O–H groups in total. The van der Waals surface area contributed by atoms with E-state index in [1.165, 1.54) is 0 Å². The van der Waals surface area contributed by atoms with Crippen LogP contribution in [0.25, 0.3) is 16.6 Å². The third-order valence-electron chi connectivity index (χ3n) is 5.00. The molecule has 0 atom stereocenters. The van der Waals surface area contributed by atoms with Gasteiger partial charge in [-0.1, -0.05) is 38.1 Å². The normalized spacial score (nSPS) is 11.2. The van der Waals surface area contributed by atoms with E-state index < -0.39 is 5.91 Å². The number of nitrogens with two attached hydrogens (primary N) is 1. The molecule has 5 heteroatoms. The van der Waals surface area contributed by atoms with Gasteiger partial charge in [-0.15, -0.1) is 0 Å². The Hall–Kier alpha value is -2.79. The number of amides is 1. The van der Waals surface area contributed by atoms with Gasteiger partial charge in [-0.25, -0.2) is 0 Å². The average Bonchev–Trinajstić information content (AvgIpc) is 3.12. The molecule has 2 aromatic carbocycles. The van der Waals surface area contributed by atoms with Crippen molar-refractivity contribution in [2.24, 2.45) is 5.73 Å². The first kappa shape index (κ1) is 19.0. The van der Waals surface area contributed by atoms with Crippen LogP contribution in [0.4, 0.5) is 5.69 Å². The lowest BCUT2D eigenvalue weighted by Crippen LogP contribution is -2.25. The molecule has 0 saturated heterocycles. The van der Waals surface area contributed by atoms with E-state index in [1.54, 1.807) is 6.07 Å². The van der Waals surface area contributed by atoms with Crippen LogP contribution in [0.5, 0.6) is 0 Å². The highest BCUT2D eigenvalue weighted by molar-refractivity contribution is 6.05. The van der Waals surface area contributed by atoms with Crippen molar-refractivity contribution in [3.8, 4) is 5.69 Å². The van der Waals surface area contributed by atoms with Gasteiger partial charge >= 0.3 is 0 Å². The fraction of sp³-hybridized carbons (Fsp3) is 0.318. The van der Waals surface area contributed by atoms with Crippen molar-refractivity contribution in [2.75, 3.05) is 31.5 Å². The lowest BCUT2D eigenvalue weighted by atomic mass is 10.1. The molecule has 142 valence electrons. The summed E-state index contributed by atoms with van der Waals surface area (Å²) in [5, 5.41) is 4.56. The van der Waals surface area contributed by atoms with Crippen molar-refractivity contribution in [1.29, 1.82) is 0 Å². The van der Waals surface area contributed by atoms with Crippen LogP contribution in [0.3, 0.4) is 0 Å². The number of primary amides is 1. The quantitative estimate of drug-likeness (QED) is 0.567. The maximum absolute atomic E-state index is 11.9. The zero-order chi connectivity index (χ0) is 19.2. The molecule has 0 saturated carbocycles. The van der Waals surface area contributed by atoms with Gasteiger partial charge in [0.25, 0.3) is 5.91 Å². The average molecular weight is 364 g/mol. The molecule has 1 aromatic heterocycles. The first-order valence-corrected chi connectivity index (χ1v) is 9.61. The standard InChI is InChI=1S/C22H28N4O/c1-3-25(4-2)15-8-14-24-19-11-5-6-12-20(19)26-16-13-17-9-7-10-18(21(17)26)22(23)27/h5-7,9-13,16,24H,3-4,8,14-15H2,1-2H3,(H2,23,27). The first-order chi connectivity index (χ1) is 13.2. The summed E-state index contributed by atoms with van der Waals surface area (Å²) in [5.41, 5.74) is 9.06. The van der Waals surface area contributed by atoms with Crippen molar-refractivity contribution < 1.29 is 4.79 Å². The van der Waals surface area contributed by atoms with Gasteiger partial charge in [0.05, 0.1) is 22.5 Å². The summed E-state index contributed by atoms with van der Waals surface area (Å²) in [6.07, 6.45) is 3.07. The first-order valence-electron chi connectivity index (χ1n) is 9.61. The SMILES string of the molecule is CCN(CC)CCCNc1ccccc1-n1ccc2cccc(C(N)=O)c21. The minimum Gasteiger partial charge on any atom is -0.383 e. The third kappa shape index (κ3) is 4.14. The zero-order valence-corrected chi connectivity index (χ0v) is 16.1. The number of hydrogen-bond acceptors (Lipinski definition) is 3. The van der Waals surface area contributed by atoms with Crippen molar-refractivity contribution in [3.63, 3.8) is 0 Å². The Morgan fingerprint density at radius 1 is 1.07 bits per heavy atom. The maximum Gasteiger partial charge on any atom is 0.250 e. The minimum absolute atomic E-state index is 0.412. The summed E-state index contributed by atoms with van der Waals surface area (Å²) in [5.74, 6) is -0.412. The van der Waals surface area contributed by atoms with Gasteiger partial charge in [-0.3, -0.25) is 4.79 Å². The van der Waals surface area contributed by atoms with Gasteiger partial charge in [0, 0.05) is 18.1 Å². The molecular formula is C22H28N4O. The number of nitrogens with zero attached hydrogens (tertiary/aromatic N) is 2. The fourth-order valence-corrected chi connectivity index (χ4v) is 3.49. The maximum atomic E-state index is 11.9. The molecule has 3 rings (SSSR count). The molecule has 0 fully saturated rings. The number of carbonyl (C=O) groups excluding carboxylic acids is 1. The molecule has 27 heavy (non-hydrogen) atoms. The number of rotatable bonds is 9. The van der Waals surface area contributed by atoms with E-state index in [0.29, 0.717) is 5.56 Å². The van der Waals surface area contributed by atoms with Crippen LogP contribution in [0, 0.1) is 0 Å². The summed E-state index contributed by atoms with van der Waals surface area (Å²) >= 11 is 0. The Bertz CT molecular complexity index is 912. The molecule has 0 spiro atoms. The third-order valence-corrected chi connectivity index (χ3v) is 5.00. The predicted molar refractivity (Wildman–Crippen MR) is 113 cm³/mol. The number of fused-ring (bicyclic) bond motifs is 1. The topological polar surface area (TPSA) is 63.3 Å². The lowest BCUT2D eigenvalue weighted by molar-refractivity contribution is 0.100. The van der Waals surface area contributed by atoms with E-state index in [1.807, 2.05) is 41.1 Å². The summed E-state index contributed by atoms with van der Waals surface area (Å²) in [7, 11) is 0. The highest BCUT2D eigenvalue weighted by Crippen LogP contribution is 2.28. The zero-order valence-electron chi connectivity index (χ0n) is 16.1. The molecular weight excluding hydrogens is 336 g/mol. The molecule has 3 aromatic rings. The molecule has 1 amide bonds. The summed E-state index contributed by atoms with van der Waals surface area (Å²) in [6.45, 7) is 8.53. The fourth-order valence-electron chi connectivity index (χ4n) is 3.49. The van der Waals surface area contributed by atoms with E-state index in [-0.39, 0.29) is 0 Å². The van der Waals surface area contributed by atoms with Gasteiger partial charge in [0.1, 0.15) is 0 Å². The van der Waals surface area contributed by atoms with Gasteiger partial charge in [-0.05, 0) is 50.3 Å². The van der Waals surface area contributed by atoms with Crippen LogP contribution >= 0.6 is 0 Å². The van der Waals surface area contributed by atoms with Crippen molar-refractivity contribution in [3.05, 3.63) is 60.3 Å². The van der Waals surface area contributed by atoms with E-state index in [4.69, 9.17) is 5.73 Å². The summed E-state index contributed by atoms with van der Waals surface area (Å²) in [4.78, 5) is 14.3. The largest absolute Gasteiger partial charge is 0.383 e. The van der Waals surface area contributed by atoms with Crippen molar-refractivity contribution in [2.45, 2.75) is 20.3 Å². The highest BCUT2D eigenvalue weighted by Gasteiger charge is 2.13.